The van der Waals surface area contributed by atoms with Gasteiger partial charge in [-0.05, 0) is 60.9 Å². The Bertz CT molecular complexity index is 1180. The molecule has 0 aliphatic carbocycles. The second-order valence-corrected chi connectivity index (χ2v) is 7.94. The minimum Gasteiger partial charge on any atom is -0.319 e. The lowest BCUT2D eigenvalue weighted by Gasteiger charge is -2.07. The van der Waals surface area contributed by atoms with Crippen LogP contribution in [0.3, 0.4) is 0 Å². The summed E-state index contributed by atoms with van der Waals surface area (Å²) in [6.07, 6.45) is 0.952. The number of rotatable bonds is 5. The molecule has 1 N–H and O–H groups in total. The maximum atomic E-state index is 12.9. The van der Waals surface area contributed by atoms with E-state index in [0.29, 0.717) is 11.5 Å². The first kappa shape index (κ1) is 20.0. The predicted octanol–water partition coefficient (Wildman–Crippen LogP) is 5.82. The fraction of sp³-hybridized carbons (Fsp3) is 0.125. The number of nitrogens with one attached hydrogen (secondary N) is 1. The van der Waals surface area contributed by atoms with Crippen LogP contribution in [0, 0.1) is 6.92 Å². The molecule has 6 heteroatoms. The van der Waals surface area contributed by atoms with Crippen molar-refractivity contribution >= 4 is 27.5 Å². The molecule has 0 unspecified atom stereocenters. The third-order valence-corrected chi connectivity index (χ3v) is 5.31. The highest BCUT2D eigenvalue weighted by Gasteiger charge is 2.19. The zero-order valence-electron chi connectivity index (χ0n) is 16.8. The SMILES string of the molecule is CCc1ccc(NC(=O)c2nc(-c3ccc(Br)cc3)n(-c3cccc(C)c3)n2)cc1. The van der Waals surface area contributed by atoms with E-state index in [4.69, 9.17) is 0 Å². The Kier molecular flexibility index (Phi) is 5.77. The lowest BCUT2D eigenvalue weighted by atomic mass is 10.1. The van der Waals surface area contributed by atoms with Crippen molar-refractivity contribution in [3.05, 3.63) is 94.2 Å². The number of anilines is 1. The van der Waals surface area contributed by atoms with E-state index in [1.165, 1.54) is 5.56 Å². The van der Waals surface area contributed by atoms with Crippen LogP contribution in [0.5, 0.6) is 0 Å². The minimum atomic E-state index is -0.344. The number of aryl methyl sites for hydroxylation is 2. The number of amides is 1. The van der Waals surface area contributed by atoms with Gasteiger partial charge >= 0.3 is 0 Å². The Morgan fingerprint density at radius 3 is 2.43 bits per heavy atom. The van der Waals surface area contributed by atoms with E-state index in [2.05, 4.69) is 38.3 Å². The Hall–Kier alpha value is -3.25. The van der Waals surface area contributed by atoms with Crippen LogP contribution < -0.4 is 5.32 Å². The molecule has 150 valence electrons. The number of carbonyl (C=O) groups excluding carboxylic acids is 1. The van der Waals surface area contributed by atoms with Crippen LogP contribution in [-0.4, -0.2) is 20.7 Å². The molecule has 4 rings (SSSR count). The fourth-order valence-electron chi connectivity index (χ4n) is 3.14. The van der Waals surface area contributed by atoms with Gasteiger partial charge in [-0.25, -0.2) is 9.67 Å². The van der Waals surface area contributed by atoms with Gasteiger partial charge in [0.2, 0.25) is 5.82 Å². The molecule has 5 nitrogen and oxygen atoms in total. The molecule has 0 saturated heterocycles. The molecular weight excluding hydrogens is 440 g/mol. The summed E-state index contributed by atoms with van der Waals surface area (Å²) < 4.78 is 2.69. The van der Waals surface area contributed by atoms with Gasteiger partial charge in [0.15, 0.2) is 5.82 Å². The average Bonchev–Trinajstić information content (AvgIpc) is 3.20. The van der Waals surface area contributed by atoms with Crippen molar-refractivity contribution in [3.8, 4) is 17.1 Å². The van der Waals surface area contributed by atoms with Crippen LogP contribution in [0.2, 0.25) is 0 Å². The maximum absolute atomic E-state index is 12.9. The molecule has 0 aliphatic rings. The molecule has 0 atom stereocenters. The third-order valence-electron chi connectivity index (χ3n) is 4.78. The smallest absolute Gasteiger partial charge is 0.295 e. The van der Waals surface area contributed by atoms with Gasteiger partial charge in [-0.15, -0.1) is 5.10 Å². The first-order valence-corrected chi connectivity index (χ1v) is 10.5. The molecule has 0 radical (unpaired) electrons. The Morgan fingerprint density at radius 1 is 1.03 bits per heavy atom. The number of nitrogens with zero attached hydrogens (tertiary/aromatic N) is 3. The Labute approximate surface area is 183 Å². The molecule has 0 saturated carbocycles. The summed E-state index contributed by atoms with van der Waals surface area (Å²) in [4.78, 5) is 17.4. The van der Waals surface area contributed by atoms with Crippen molar-refractivity contribution in [1.29, 1.82) is 0 Å². The molecule has 1 aromatic heterocycles. The maximum Gasteiger partial charge on any atom is 0.295 e. The van der Waals surface area contributed by atoms with Gasteiger partial charge in [0.25, 0.3) is 5.91 Å². The van der Waals surface area contributed by atoms with Crippen LogP contribution in [0.4, 0.5) is 5.69 Å². The monoisotopic (exact) mass is 460 g/mol. The summed E-state index contributed by atoms with van der Waals surface area (Å²) >= 11 is 3.46. The van der Waals surface area contributed by atoms with E-state index < -0.39 is 0 Å². The van der Waals surface area contributed by atoms with Crippen LogP contribution in [-0.2, 0) is 6.42 Å². The van der Waals surface area contributed by atoms with Crippen molar-refractivity contribution in [2.45, 2.75) is 20.3 Å². The number of benzene rings is 3. The van der Waals surface area contributed by atoms with Crippen molar-refractivity contribution in [2.24, 2.45) is 0 Å². The average molecular weight is 461 g/mol. The van der Waals surface area contributed by atoms with Crippen LogP contribution >= 0.6 is 15.9 Å². The van der Waals surface area contributed by atoms with Gasteiger partial charge in [0.1, 0.15) is 0 Å². The van der Waals surface area contributed by atoms with Crippen LogP contribution in [0.25, 0.3) is 17.1 Å². The minimum absolute atomic E-state index is 0.119. The highest BCUT2D eigenvalue weighted by atomic mass is 79.9. The van der Waals surface area contributed by atoms with E-state index >= 15 is 0 Å². The number of hydrogen-bond donors (Lipinski definition) is 1. The number of hydrogen-bond acceptors (Lipinski definition) is 3. The topological polar surface area (TPSA) is 59.8 Å². The third kappa shape index (κ3) is 4.33. The number of carbonyl (C=O) groups is 1. The summed E-state index contributed by atoms with van der Waals surface area (Å²) in [7, 11) is 0. The fourth-order valence-corrected chi connectivity index (χ4v) is 3.41. The predicted molar refractivity (Wildman–Crippen MR) is 123 cm³/mol. The summed E-state index contributed by atoms with van der Waals surface area (Å²) in [5.74, 6) is 0.387. The highest BCUT2D eigenvalue weighted by molar-refractivity contribution is 9.10. The highest BCUT2D eigenvalue weighted by Crippen LogP contribution is 2.24. The summed E-state index contributed by atoms with van der Waals surface area (Å²) in [6.45, 7) is 4.12. The number of halogens is 1. The van der Waals surface area contributed by atoms with Crippen molar-refractivity contribution in [1.82, 2.24) is 14.8 Å². The van der Waals surface area contributed by atoms with Crippen LogP contribution in [0.1, 0.15) is 28.7 Å². The normalized spacial score (nSPS) is 10.8. The van der Waals surface area contributed by atoms with E-state index in [-0.39, 0.29) is 11.7 Å². The second kappa shape index (κ2) is 8.63. The molecule has 0 spiro atoms. The molecular formula is C24H21BrN4O. The first-order chi connectivity index (χ1) is 14.5. The molecule has 0 fully saturated rings. The first-order valence-electron chi connectivity index (χ1n) is 9.74. The lowest BCUT2D eigenvalue weighted by molar-refractivity contribution is 0.101. The zero-order chi connectivity index (χ0) is 21.1. The molecule has 30 heavy (non-hydrogen) atoms. The van der Waals surface area contributed by atoms with Gasteiger partial charge < -0.3 is 5.32 Å². The quantitative estimate of drug-likeness (QED) is 0.408. The summed E-state index contributed by atoms with van der Waals surface area (Å²) in [5, 5.41) is 7.42. The van der Waals surface area contributed by atoms with Crippen molar-refractivity contribution < 1.29 is 4.79 Å². The molecule has 4 aromatic rings. The Balaban J connectivity index is 1.72. The summed E-state index contributed by atoms with van der Waals surface area (Å²) in [5.41, 5.74) is 4.76. The number of aromatic nitrogens is 3. The Morgan fingerprint density at radius 2 is 1.77 bits per heavy atom. The second-order valence-electron chi connectivity index (χ2n) is 7.02. The van der Waals surface area contributed by atoms with Crippen LogP contribution in [0.15, 0.2) is 77.3 Å². The molecule has 0 bridgehead atoms. The zero-order valence-corrected chi connectivity index (χ0v) is 18.3. The molecule has 1 heterocycles. The lowest BCUT2D eigenvalue weighted by Crippen LogP contribution is -2.14. The molecule has 1 amide bonds. The van der Waals surface area contributed by atoms with Crippen molar-refractivity contribution in [3.63, 3.8) is 0 Å². The van der Waals surface area contributed by atoms with E-state index in [1.807, 2.05) is 79.7 Å². The van der Waals surface area contributed by atoms with E-state index in [9.17, 15) is 4.79 Å². The van der Waals surface area contributed by atoms with Gasteiger partial charge in [-0.1, -0.05) is 59.3 Å². The van der Waals surface area contributed by atoms with Gasteiger partial charge in [0, 0.05) is 15.7 Å². The van der Waals surface area contributed by atoms with Gasteiger partial charge in [-0.3, -0.25) is 4.79 Å². The van der Waals surface area contributed by atoms with Gasteiger partial charge in [0.05, 0.1) is 5.69 Å². The summed E-state index contributed by atoms with van der Waals surface area (Å²) in [6, 6.07) is 23.5. The van der Waals surface area contributed by atoms with Gasteiger partial charge in [-0.2, -0.15) is 0 Å². The van der Waals surface area contributed by atoms with E-state index in [0.717, 1.165) is 27.7 Å². The van der Waals surface area contributed by atoms with Crippen molar-refractivity contribution in [2.75, 3.05) is 5.32 Å². The molecule has 3 aromatic carbocycles. The largest absolute Gasteiger partial charge is 0.319 e. The van der Waals surface area contributed by atoms with E-state index in [1.54, 1.807) is 4.68 Å². The standard InChI is InChI=1S/C24H21BrN4O/c1-3-17-7-13-20(14-8-17)26-24(30)22-27-23(18-9-11-19(25)12-10-18)29(28-22)21-6-4-5-16(2)15-21/h4-15H,3H2,1-2H3,(H,26,30). The molecule has 0 aliphatic heterocycles.